The highest BCUT2D eigenvalue weighted by molar-refractivity contribution is 5.89. The number of rotatable bonds is 6. The van der Waals surface area contributed by atoms with Crippen molar-refractivity contribution in [3.63, 3.8) is 0 Å². The van der Waals surface area contributed by atoms with Crippen molar-refractivity contribution in [3.05, 3.63) is 18.1 Å². The third-order valence-corrected chi connectivity index (χ3v) is 5.37. The van der Waals surface area contributed by atoms with Crippen LogP contribution in [0.2, 0.25) is 0 Å². The second-order valence-electron chi connectivity index (χ2n) is 7.07. The smallest absolute Gasteiger partial charge is 0.156 e. The highest BCUT2D eigenvalue weighted by atomic mass is 16.1. The number of anilines is 1. The third kappa shape index (κ3) is 4.55. The van der Waals surface area contributed by atoms with Crippen molar-refractivity contribution in [3.8, 4) is 6.07 Å². The van der Waals surface area contributed by atoms with E-state index < -0.39 is 5.92 Å². The van der Waals surface area contributed by atoms with Crippen molar-refractivity contribution in [2.75, 3.05) is 31.1 Å². The number of carbonyl (C=O) groups is 1. The highest BCUT2D eigenvalue weighted by Gasteiger charge is 2.28. The van der Waals surface area contributed by atoms with Gasteiger partial charge < -0.3 is 10.2 Å². The standard InChI is InChI=1S/C19H27N5O/c20-14-16(17(25)7-6-15-4-2-1-3-5-15)18-19(23-9-8-22-18)24-12-10-21-11-13-24/h8-9,15-16,21H,1-7,10-13H2. The van der Waals surface area contributed by atoms with Gasteiger partial charge in [-0.2, -0.15) is 5.26 Å². The van der Waals surface area contributed by atoms with Gasteiger partial charge in [0.2, 0.25) is 0 Å². The zero-order chi connectivity index (χ0) is 17.5. The van der Waals surface area contributed by atoms with Crippen LogP contribution in [0.1, 0.15) is 56.6 Å². The Kier molecular flexibility index (Phi) is 6.35. The molecule has 1 saturated heterocycles. The summed E-state index contributed by atoms with van der Waals surface area (Å²) in [7, 11) is 0. The van der Waals surface area contributed by atoms with Crippen LogP contribution < -0.4 is 10.2 Å². The number of hydrogen-bond donors (Lipinski definition) is 1. The summed E-state index contributed by atoms with van der Waals surface area (Å²) >= 11 is 0. The minimum Gasteiger partial charge on any atom is -0.353 e. The van der Waals surface area contributed by atoms with Gasteiger partial charge in [0.15, 0.2) is 17.5 Å². The van der Waals surface area contributed by atoms with E-state index in [2.05, 4.69) is 26.3 Å². The lowest BCUT2D eigenvalue weighted by Gasteiger charge is -2.30. The summed E-state index contributed by atoms with van der Waals surface area (Å²) in [6.07, 6.45) is 10.9. The fourth-order valence-corrected chi connectivity index (χ4v) is 3.92. The van der Waals surface area contributed by atoms with Gasteiger partial charge in [0.1, 0.15) is 5.69 Å². The van der Waals surface area contributed by atoms with Crippen molar-refractivity contribution >= 4 is 11.6 Å². The SMILES string of the molecule is N#CC(C(=O)CCC1CCCCC1)c1nccnc1N1CCNCC1. The Bertz CT molecular complexity index is 614. The van der Waals surface area contributed by atoms with Crippen molar-refractivity contribution < 1.29 is 4.79 Å². The fourth-order valence-electron chi connectivity index (χ4n) is 3.92. The zero-order valence-electron chi connectivity index (χ0n) is 14.8. The van der Waals surface area contributed by atoms with Gasteiger partial charge in [0, 0.05) is 45.0 Å². The molecule has 1 unspecified atom stereocenters. The van der Waals surface area contributed by atoms with Gasteiger partial charge >= 0.3 is 0 Å². The van der Waals surface area contributed by atoms with Crippen LogP contribution in [-0.4, -0.2) is 41.9 Å². The van der Waals surface area contributed by atoms with Gasteiger partial charge in [-0.3, -0.25) is 9.78 Å². The maximum atomic E-state index is 12.7. The lowest BCUT2D eigenvalue weighted by Crippen LogP contribution is -2.44. The first-order valence-electron chi connectivity index (χ1n) is 9.48. The predicted molar refractivity (Wildman–Crippen MR) is 96.3 cm³/mol. The Balaban J connectivity index is 1.69. The van der Waals surface area contributed by atoms with E-state index in [1.165, 1.54) is 32.1 Å². The summed E-state index contributed by atoms with van der Waals surface area (Å²) in [5.74, 6) is 0.528. The van der Waals surface area contributed by atoms with Crippen molar-refractivity contribution in [2.24, 2.45) is 5.92 Å². The number of piperazine rings is 1. The largest absolute Gasteiger partial charge is 0.353 e. The molecule has 25 heavy (non-hydrogen) atoms. The molecule has 134 valence electrons. The van der Waals surface area contributed by atoms with Gasteiger partial charge in [0.25, 0.3) is 0 Å². The van der Waals surface area contributed by atoms with E-state index in [-0.39, 0.29) is 5.78 Å². The average Bonchev–Trinajstić information content (AvgIpc) is 2.69. The van der Waals surface area contributed by atoms with Crippen LogP contribution in [0.15, 0.2) is 12.4 Å². The van der Waals surface area contributed by atoms with Crippen molar-refractivity contribution in [1.82, 2.24) is 15.3 Å². The summed E-state index contributed by atoms with van der Waals surface area (Å²) in [6.45, 7) is 3.39. The summed E-state index contributed by atoms with van der Waals surface area (Å²) in [5, 5.41) is 12.9. The monoisotopic (exact) mass is 341 g/mol. The minimum absolute atomic E-state index is 0.00930. The molecular formula is C19H27N5O. The molecule has 1 saturated carbocycles. The molecule has 0 spiro atoms. The summed E-state index contributed by atoms with van der Waals surface area (Å²) in [4.78, 5) is 23.7. The quantitative estimate of drug-likeness (QED) is 0.856. The molecular weight excluding hydrogens is 314 g/mol. The second kappa shape index (κ2) is 8.91. The number of nitrogens with zero attached hydrogens (tertiary/aromatic N) is 4. The van der Waals surface area contributed by atoms with Crippen LogP contribution in [0.25, 0.3) is 0 Å². The number of hydrogen-bond acceptors (Lipinski definition) is 6. The Morgan fingerprint density at radius 3 is 2.68 bits per heavy atom. The van der Waals surface area contributed by atoms with E-state index in [0.717, 1.165) is 32.6 Å². The van der Waals surface area contributed by atoms with Crippen LogP contribution in [-0.2, 0) is 4.79 Å². The summed E-state index contributed by atoms with van der Waals surface area (Å²) < 4.78 is 0. The van der Waals surface area contributed by atoms with E-state index >= 15 is 0 Å². The molecule has 6 nitrogen and oxygen atoms in total. The molecule has 1 aromatic rings. The Morgan fingerprint density at radius 2 is 1.96 bits per heavy atom. The van der Waals surface area contributed by atoms with Crippen LogP contribution >= 0.6 is 0 Å². The molecule has 1 aromatic heterocycles. The van der Waals surface area contributed by atoms with E-state index in [1.54, 1.807) is 12.4 Å². The van der Waals surface area contributed by atoms with E-state index in [1.807, 2.05) is 0 Å². The van der Waals surface area contributed by atoms with Crippen molar-refractivity contribution in [1.29, 1.82) is 5.26 Å². The zero-order valence-corrected chi connectivity index (χ0v) is 14.8. The first kappa shape index (κ1) is 17.8. The van der Waals surface area contributed by atoms with Gasteiger partial charge in [0.05, 0.1) is 6.07 Å². The Hall–Kier alpha value is -2.00. The molecule has 3 rings (SSSR count). The fraction of sp³-hybridized carbons (Fsp3) is 0.684. The molecule has 1 aliphatic carbocycles. The normalized spacial score (nSPS) is 20.0. The predicted octanol–water partition coefficient (Wildman–Crippen LogP) is 2.42. The van der Waals surface area contributed by atoms with Crippen LogP contribution in [0.3, 0.4) is 0 Å². The average molecular weight is 341 g/mol. The second-order valence-corrected chi connectivity index (χ2v) is 7.07. The van der Waals surface area contributed by atoms with Crippen LogP contribution in [0, 0.1) is 17.2 Å². The minimum atomic E-state index is -0.804. The lowest BCUT2D eigenvalue weighted by atomic mass is 9.84. The molecule has 0 aromatic carbocycles. The van der Waals surface area contributed by atoms with Crippen LogP contribution in [0.4, 0.5) is 5.82 Å². The van der Waals surface area contributed by atoms with Gasteiger partial charge in [-0.1, -0.05) is 32.1 Å². The molecule has 6 heteroatoms. The number of Topliss-reactive ketones (excluding diaryl/α,β-unsaturated/α-hetero) is 1. The summed E-state index contributed by atoms with van der Waals surface area (Å²) in [6, 6.07) is 2.19. The number of nitriles is 1. The van der Waals surface area contributed by atoms with Crippen LogP contribution in [0.5, 0.6) is 0 Å². The van der Waals surface area contributed by atoms with Gasteiger partial charge in [-0.15, -0.1) is 0 Å². The van der Waals surface area contributed by atoms with Crippen molar-refractivity contribution in [2.45, 2.75) is 50.9 Å². The van der Waals surface area contributed by atoms with E-state index in [4.69, 9.17) is 0 Å². The number of ketones is 1. The van der Waals surface area contributed by atoms with E-state index in [9.17, 15) is 10.1 Å². The molecule has 1 atom stereocenters. The molecule has 1 aliphatic heterocycles. The molecule has 0 bridgehead atoms. The molecule has 2 aliphatic rings. The Labute approximate surface area is 149 Å². The maximum Gasteiger partial charge on any atom is 0.156 e. The number of nitrogens with one attached hydrogen (secondary N) is 1. The number of carbonyl (C=O) groups excluding carboxylic acids is 1. The molecule has 2 heterocycles. The van der Waals surface area contributed by atoms with E-state index in [0.29, 0.717) is 23.9 Å². The Morgan fingerprint density at radius 1 is 1.24 bits per heavy atom. The maximum absolute atomic E-state index is 12.7. The topological polar surface area (TPSA) is 81.9 Å². The van der Waals surface area contributed by atoms with Gasteiger partial charge in [-0.25, -0.2) is 4.98 Å². The highest BCUT2D eigenvalue weighted by Crippen LogP contribution is 2.30. The molecule has 0 radical (unpaired) electrons. The van der Waals surface area contributed by atoms with Gasteiger partial charge in [-0.05, 0) is 12.3 Å². The molecule has 0 amide bonds. The first-order chi connectivity index (χ1) is 12.3. The number of aromatic nitrogens is 2. The molecule has 1 N–H and O–H groups in total. The summed E-state index contributed by atoms with van der Waals surface area (Å²) in [5.41, 5.74) is 0.528. The molecule has 2 fully saturated rings. The first-order valence-corrected chi connectivity index (χ1v) is 9.48. The third-order valence-electron chi connectivity index (χ3n) is 5.37. The lowest BCUT2D eigenvalue weighted by molar-refractivity contribution is -0.119.